The van der Waals surface area contributed by atoms with E-state index in [1.807, 2.05) is 0 Å². The number of pyridine rings is 1. The van der Waals surface area contributed by atoms with E-state index in [0.717, 1.165) is 0 Å². The van der Waals surface area contributed by atoms with Crippen LogP contribution in [0.4, 0.5) is 0 Å². The predicted octanol–water partition coefficient (Wildman–Crippen LogP) is 2.97. The van der Waals surface area contributed by atoms with Crippen LogP contribution in [0.15, 0.2) is 42.6 Å². The molecule has 7 heteroatoms. The van der Waals surface area contributed by atoms with Crippen molar-refractivity contribution in [2.45, 2.75) is 6.61 Å². The highest BCUT2D eigenvalue weighted by Gasteiger charge is 2.17. The molecule has 0 aliphatic carbocycles. The van der Waals surface area contributed by atoms with Crippen LogP contribution in [0, 0.1) is 0 Å². The Labute approximate surface area is 130 Å². The third-order valence-electron chi connectivity index (χ3n) is 3.10. The van der Waals surface area contributed by atoms with Crippen LogP contribution in [-0.4, -0.2) is 25.6 Å². The average molecular weight is 319 g/mol. The highest BCUT2D eigenvalue weighted by molar-refractivity contribution is 6.32. The van der Waals surface area contributed by atoms with E-state index in [1.54, 1.807) is 28.7 Å². The third-order valence-corrected chi connectivity index (χ3v) is 3.41. The summed E-state index contributed by atoms with van der Waals surface area (Å²) in [5, 5.41) is 19.2. The Morgan fingerprint density at radius 3 is 2.82 bits per heavy atom. The molecule has 0 saturated carbocycles. The van der Waals surface area contributed by atoms with E-state index in [9.17, 15) is 15.0 Å². The fourth-order valence-corrected chi connectivity index (χ4v) is 2.29. The van der Waals surface area contributed by atoms with E-state index in [1.165, 1.54) is 18.3 Å². The SMILES string of the molecule is O=C(O)c1nc(COc2ccccc2Cl)n2ccc(O)cc12. The summed E-state index contributed by atoms with van der Waals surface area (Å²) in [4.78, 5) is 15.3. The van der Waals surface area contributed by atoms with E-state index in [0.29, 0.717) is 22.1 Å². The number of hydrogen-bond donors (Lipinski definition) is 2. The molecular weight excluding hydrogens is 308 g/mol. The third kappa shape index (κ3) is 2.56. The molecule has 0 aliphatic rings. The minimum Gasteiger partial charge on any atom is -0.508 e. The summed E-state index contributed by atoms with van der Waals surface area (Å²) in [6.07, 6.45) is 1.54. The van der Waals surface area contributed by atoms with Gasteiger partial charge in [0.25, 0.3) is 0 Å². The van der Waals surface area contributed by atoms with Gasteiger partial charge in [0.2, 0.25) is 0 Å². The minimum atomic E-state index is -1.17. The molecule has 0 unspecified atom stereocenters. The summed E-state index contributed by atoms with van der Waals surface area (Å²) in [6.45, 7) is 0.0446. The normalized spacial score (nSPS) is 10.8. The van der Waals surface area contributed by atoms with E-state index in [2.05, 4.69) is 4.98 Å². The maximum atomic E-state index is 11.2. The number of rotatable bonds is 4. The summed E-state index contributed by atoms with van der Waals surface area (Å²) in [5.74, 6) is -0.329. The zero-order valence-corrected chi connectivity index (χ0v) is 12.0. The van der Waals surface area contributed by atoms with Gasteiger partial charge >= 0.3 is 5.97 Å². The van der Waals surface area contributed by atoms with Crippen LogP contribution >= 0.6 is 11.6 Å². The lowest BCUT2D eigenvalue weighted by Crippen LogP contribution is -2.02. The molecule has 0 aliphatic heterocycles. The first-order valence-corrected chi connectivity index (χ1v) is 6.74. The first-order chi connectivity index (χ1) is 10.6. The predicted molar refractivity (Wildman–Crippen MR) is 79.6 cm³/mol. The Morgan fingerprint density at radius 1 is 1.32 bits per heavy atom. The van der Waals surface area contributed by atoms with Crippen molar-refractivity contribution in [3.8, 4) is 11.5 Å². The Bertz CT molecular complexity index is 860. The molecule has 0 spiro atoms. The summed E-state index contributed by atoms with van der Waals surface area (Å²) >= 11 is 6.01. The number of nitrogens with zero attached hydrogens (tertiary/aromatic N) is 2. The van der Waals surface area contributed by atoms with Gasteiger partial charge in [0.05, 0.1) is 10.5 Å². The van der Waals surface area contributed by atoms with Crippen LogP contribution in [0.3, 0.4) is 0 Å². The van der Waals surface area contributed by atoms with Crippen molar-refractivity contribution in [3.05, 3.63) is 59.1 Å². The van der Waals surface area contributed by atoms with E-state index < -0.39 is 5.97 Å². The summed E-state index contributed by atoms with van der Waals surface area (Å²) in [5.41, 5.74) is 0.152. The molecule has 0 radical (unpaired) electrons. The molecule has 0 fully saturated rings. The molecule has 1 aromatic carbocycles. The van der Waals surface area contributed by atoms with Gasteiger partial charge in [0, 0.05) is 12.3 Å². The Morgan fingerprint density at radius 2 is 2.09 bits per heavy atom. The maximum absolute atomic E-state index is 11.2. The van der Waals surface area contributed by atoms with E-state index >= 15 is 0 Å². The molecule has 2 heterocycles. The van der Waals surface area contributed by atoms with Crippen molar-refractivity contribution >= 4 is 23.1 Å². The number of aromatic carboxylic acids is 1. The zero-order chi connectivity index (χ0) is 15.7. The van der Waals surface area contributed by atoms with Gasteiger partial charge in [-0.25, -0.2) is 9.78 Å². The number of carbonyl (C=O) groups is 1. The molecule has 22 heavy (non-hydrogen) atoms. The molecule has 2 N–H and O–H groups in total. The zero-order valence-electron chi connectivity index (χ0n) is 11.2. The van der Waals surface area contributed by atoms with E-state index in [-0.39, 0.29) is 18.1 Å². The largest absolute Gasteiger partial charge is 0.508 e. The van der Waals surface area contributed by atoms with Crippen LogP contribution in [0.1, 0.15) is 16.3 Å². The second-order valence-corrected chi connectivity index (χ2v) is 4.95. The van der Waals surface area contributed by atoms with Crippen molar-refractivity contribution in [2.75, 3.05) is 0 Å². The molecule has 0 amide bonds. The quantitative estimate of drug-likeness (QED) is 0.772. The molecule has 0 atom stereocenters. The molecule has 3 aromatic rings. The smallest absolute Gasteiger partial charge is 0.356 e. The van der Waals surface area contributed by atoms with Gasteiger partial charge in [-0.05, 0) is 18.2 Å². The van der Waals surface area contributed by atoms with Crippen LogP contribution in [0.2, 0.25) is 5.02 Å². The van der Waals surface area contributed by atoms with Crippen LogP contribution < -0.4 is 4.74 Å². The number of aromatic nitrogens is 2. The van der Waals surface area contributed by atoms with Crippen LogP contribution in [0.5, 0.6) is 11.5 Å². The maximum Gasteiger partial charge on any atom is 0.356 e. The minimum absolute atomic E-state index is 0.0338. The summed E-state index contributed by atoms with van der Waals surface area (Å²) < 4.78 is 7.14. The summed E-state index contributed by atoms with van der Waals surface area (Å²) in [6, 6.07) is 9.76. The van der Waals surface area contributed by atoms with Gasteiger partial charge in [-0.2, -0.15) is 0 Å². The van der Waals surface area contributed by atoms with Crippen molar-refractivity contribution in [1.29, 1.82) is 0 Å². The highest BCUT2D eigenvalue weighted by Crippen LogP contribution is 2.25. The fraction of sp³-hybridized carbons (Fsp3) is 0.0667. The van der Waals surface area contributed by atoms with Gasteiger partial charge in [0.15, 0.2) is 11.5 Å². The number of carboxylic acids is 1. The number of para-hydroxylation sites is 1. The second-order valence-electron chi connectivity index (χ2n) is 4.54. The number of benzene rings is 1. The first-order valence-electron chi connectivity index (χ1n) is 6.37. The number of aromatic hydroxyl groups is 1. The Kier molecular flexibility index (Phi) is 3.60. The number of ether oxygens (including phenoxy) is 1. The van der Waals surface area contributed by atoms with Crippen molar-refractivity contribution < 1.29 is 19.7 Å². The lowest BCUT2D eigenvalue weighted by atomic mass is 10.3. The van der Waals surface area contributed by atoms with Gasteiger partial charge in [0.1, 0.15) is 18.1 Å². The topological polar surface area (TPSA) is 84.1 Å². The Balaban J connectivity index is 1.97. The molecular formula is C15H11ClN2O4. The van der Waals surface area contributed by atoms with Crippen LogP contribution in [-0.2, 0) is 6.61 Å². The van der Waals surface area contributed by atoms with Gasteiger partial charge in [-0.15, -0.1) is 0 Å². The highest BCUT2D eigenvalue weighted by atomic mass is 35.5. The second kappa shape index (κ2) is 5.57. The van der Waals surface area contributed by atoms with Crippen molar-refractivity contribution in [3.63, 3.8) is 0 Å². The van der Waals surface area contributed by atoms with Crippen molar-refractivity contribution in [1.82, 2.24) is 9.38 Å². The molecule has 3 rings (SSSR count). The van der Waals surface area contributed by atoms with Crippen molar-refractivity contribution in [2.24, 2.45) is 0 Å². The fourth-order valence-electron chi connectivity index (χ4n) is 2.10. The first kappa shape index (κ1) is 14.2. The standard InChI is InChI=1S/C15H11ClN2O4/c16-10-3-1-2-4-12(10)22-8-13-17-14(15(20)21)11-7-9(19)5-6-18(11)13/h1-7,19H,8H2,(H,20,21). The van der Waals surface area contributed by atoms with Crippen LogP contribution in [0.25, 0.3) is 5.52 Å². The molecule has 2 aromatic heterocycles. The van der Waals surface area contributed by atoms with Gasteiger partial charge in [-0.3, -0.25) is 4.40 Å². The van der Waals surface area contributed by atoms with Gasteiger partial charge in [-0.1, -0.05) is 23.7 Å². The summed E-state index contributed by atoms with van der Waals surface area (Å²) in [7, 11) is 0. The average Bonchev–Trinajstić information content (AvgIpc) is 2.84. The van der Waals surface area contributed by atoms with E-state index in [4.69, 9.17) is 16.3 Å². The molecule has 6 nitrogen and oxygen atoms in total. The monoisotopic (exact) mass is 318 g/mol. The number of carboxylic acid groups (broad SMARTS) is 1. The number of imidazole rings is 1. The van der Waals surface area contributed by atoms with Gasteiger partial charge < -0.3 is 14.9 Å². The lowest BCUT2D eigenvalue weighted by Gasteiger charge is -2.07. The molecule has 0 saturated heterocycles. The lowest BCUT2D eigenvalue weighted by molar-refractivity contribution is 0.0693. The number of fused-ring (bicyclic) bond motifs is 1. The Hall–Kier alpha value is -2.73. The number of halogens is 1. The molecule has 0 bridgehead atoms. The number of hydrogen-bond acceptors (Lipinski definition) is 4. The molecule has 112 valence electrons.